The normalized spacial score (nSPS) is 20.3. The average Bonchev–Trinajstić information content (AvgIpc) is 3.56. The number of benzene rings is 2. The highest BCUT2D eigenvalue weighted by Crippen LogP contribution is 2.34. The van der Waals surface area contributed by atoms with Gasteiger partial charge < -0.3 is 14.8 Å². The summed E-state index contributed by atoms with van der Waals surface area (Å²) in [4.78, 5) is 16.4. The summed E-state index contributed by atoms with van der Waals surface area (Å²) in [7, 11) is 2.20. The van der Waals surface area contributed by atoms with Crippen molar-refractivity contribution < 1.29 is 0 Å². The lowest BCUT2D eigenvalue weighted by atomic mass is 10.00. The van der Waals surface area contributed by atoms with Gasteiger partial charge in [0, 0.05) is 45.1 Å². The van der Waals surface area contributed by atoms with Crippen molar-refractivity contribution in [3.63, 3.8) is 0 Å². The quantitative estimate of drug-likeness (QED) is 0.488. The van der Waals surface area contributed by atoms with Crippen LogP contribution >= 0.6 is 0 Å². The van der Waals surface area contributed by atoms with E-state index in [0.29, 0.717) is 6.04 Å². The number of hydrogen-bond donors (Lipinski definition) is 1. The Hall–Kier alpha value is -3.16. The van der Waals surface area contributed by atoms with Crippen molar-refractivity contribution in [2.24, 2.45) is 0 Å². The molecule has 0 radical (unpaired) electrons. The van der Waals surface area contributed by atoms with Gasteiger partial charge in [0.1, 0.15) is 5.82 Å². The van der Waals surface area contributed by atoms with Crippen LogP contribution in [0.15, 0.2) is 60.9 Å². The first-order valence-electron chi connectivity index (χ1n) is 12.5. The minimum absolute atomic E-state index is 0.298. The zero-order chi connectivity index (χ0) is 22.9. The molecular weight excluding hydrogens is 422 g/mol. The Morgan fingerprint density at radius 1 is 0.912 bits per heavy atom. The molecule has 176 valence electrons. The smallest absolute Gasteiger partial charge is 0.124 e. The third kappa shape index (κ3) is 4.10. The van der Waals surface area contributed by atoms with Gasteiger partial charge in [-0.2, -0.15) is 5.10 Å². The first-order chi connectivity index (χ1) is 16.8. The van der Waals surface area contributed by atoms with Crippen molar-refractivity contribution in [3.05, 3.63) is 72.3 Å². The first-order valence-corrected chi connectivity index (χ1v) is 12.5. The van der Waals surface area contributed by atoms with Crippen LogP contribution in [-0.4, -0.2) is 69.3 Å². The molecule has 2 aliphatic rings. The van der Waals surface area contributed by atoms with Gasteiger partial charge in [-0.25, -0.2) is 9.67 Å². The second kappa shape index (κ2) is 9.24. The average molecular weight is 456 g/mol. The molecule has 2 aromatic heterocycles. The van der Waals surface area contributed by atoms with Crippen LogP contribution < -0.4 is 4.90 Å². The number of imidazole rings is 1. The number of anilines is 1. The van der Waals surface area contributed by atoms with E-state index in [0.717, 1.165) is 62.7 Å². The van der Waals surface area contributed by atoms with Crippen molar-refractivity contribution in [2.75, 3.05) is 44.7 Å². The predicted molar refractivity (Wildman–Crippen MR) is 136 cm³/mol. The van der Waals surface area contributed by atoms with Gasteiger partial charge in [0.05, 0.1) is 28.5 Å². The number of likely N-dealkylation sites (N-methyl/N-ethyl adjacent to an activating group) is 1. The molecule has 34 heavy (non-hydrogen) atoms. The number of rotatable bonds is 5. The SMILES string of the molecule is CN1CCN(c2cccc3nc(C4CCCCN4Cc4ccccc4-n4cccn4)[nH]c23)CC1. The molecule has 1 N–H and O–H groups in total. The van der Waals surface area contributed by atoms with Crippen LogP contribution in [0.2, 0.25) is 0 Å². The Bertz CT molecular complexity index is 1240. The number of aromatic nitrogens is 4. The topological polar surface area (TPSA) is 56.2 Å². The number of piperidine rings is 1. The Kier molecular flexibility index (Phi) is 5.81. The maximum atomic E-state index is 5.12. The molecule has 0 saturated carbocycles. The minimum atomic E-state index is 0.298. The maximum absolute atomic E-state index is 5.12. The molecule has 2 aromatic carbocycles. The van der Waals surface area contributed by atoms with Gasteiger partial charge in [0.2, 0.25) is 0 Å². The number of para-hydroxylation sites is 2. The number of likely N-dealkylation sites (tertiary alicyclic amines) is 1. The number of nitrogens with one attached hydrogen (secondary N) is 1. The number of fused-ring (bicyclic) bond motifs is 1. The van der Waals surface area contributed by atoms with Crippen molar-refractivity contribution in [3.8, 4) is 5.69 Å². The maximum Gasteiger partial charge on any atom is 0.124 e. The number of nitrogens with zero attached hydrogens (tertiary/aromatic N) is 6. The van der Waals surface area contributed by atoms with E-state index >= 15 is 0 Å². The number of aromatic amines is 1. The van der Waals surface area contributed by atoms with Gasteiger partial charge in [-0.15, -0.1) is 0 Å². The van der Waals surface area contributed by atoms with Crippen molar-refractivity contribution in [2.45, 2.75) is 31.8 Å². The Labute approximate surface area is 201 Å². The van der Waals surface area contributed by atoms with E-state index in [-0.39, 0.29) is 0 Å². The van der Waals surface area contributed by atoms with Gasteiger partial charge in [-0.1, -0.05) is 30.7 Å². The fourth-order valence-corrected chi connectivity index (χ4v) is 5.49. The predicted octanol–water partition coefficient (Wildman–Crippen LogP) is 4.23. The van der Waals surface area contributed by atoms with Gasteiger partial charge in [0.15, 0.2) is 0 Å². The molecule has 7 nitrogen and oxygen atoms in total. The van der Waals surface area contributed by atoms with Crippen molar-refractivity contribution >= 4 is 16.7 Å². The first kappa shape index (κ1) is 21.4. The molecule has 6 rings (SSSR count). The lowest BCUT2D eigenvalue weighted by Gasteiger charge is -2.35. The zero-order valence-electron chi connectivity index (χ0n) is 19.9. The monoisotopic (exact) mass is 455 g/mol. The third-order valence-electron chi connectivity index (χ3n) is 7.40. The van der Waals surface area contributed by atoms with E-state index in [1.165, 1.54) is 29.6 Å². The summed E-state index contributed by atoms with van der Waals surface area (Å²) in [5, 5.41) is 4.48. The molecule has 0 aliphatic carbocycles. The van der Waals surface area contributed by atoms with Crippen LogP contribution in [0, 0.1) is 0 Å². The molecule has 4 heterocycles. The van der Waals surface area contributed by atoms with Gasteiger partial charge in [-0.3, -0.25) is 4.90 Å². The fraction of sp³-hybridized carbons (Fsp3) is 0.407. The summed E-state index contributed by atoms with van der Waals surface area (Å²) >= 11 is 0. The van der Waals surface area contributed by atoms with Crippen LogP contribution in [0.4, 0.5) is 5.69 Å². The number of H-pyrrole nitrogens is 1. The molecule has 0 amide bonds. The third-order valence-corrected chi connectivity index (χ3v) is 7.40. The number of hydrogen-bond acceptors (Lipinski definition) is 5. The van der Waals surface area contributed by atoms with E-state index in [1.54, 1.807) is 0 Å². The van der Waals surface area contributed by atoms with Crippen LogP contribution in [0.3, 0.4) is 0 Å². The Morgan fingerprint density at radius 3 is 2.62 bits per heavy atom. The molecule has 4 aromatic rings. The van der Waals surface area contributed by atoms with E-state index in [2.05, 4.69) is 74.3 Å². The highest BCUT2D eigenvalue weighted by Gasteiger charge is 2.28. The Balaban J connectivity index is 1.30. The highest BCUT2D eigenvalue weighted by atomic mass is 15.3. The largest absolute Gasteiger partial charge is 0.367 e. The fourth-order valence-electron chi connectivity index (χ4n) is 5.49. The summed E-state index contributed by atoms with van der Waals surface area (Å²) < 4.78 is 1.97. The molecule has 1 atom stereocenters. The molecule has 2 aliphatic heterocycles. The molecule has 0 spiro atoms. The van der Waals surface area contributed by atoms with Crippen molar-refractivity contribution in [1.29, 1.82) is 0 Å². The summed E-state index contributed by atoms with van der Waals surface area (Å²) in [6.45, 7) is 6.30. The van der Waals surface area contributed by atoms with E-state index in [9.17, 15) is 0 Å². The van der Waals surface area contributed by atoms with E-state index in [1.807, 2.05) is 23.1 Å². The standard InChI is InChI=1S/C27H33N7/c1-31-16-18-32(19-17-31)24-12-6-9-22-26(24)30-27(29-22)25-11-4-5-14-33(25)20-21-8-2-3-10-23(21)34-15-7-13-28-34/h2-3,6-10,12-13,15,25H,4-5,11,14,16-20H2,1H3,(H,29,30). The molecule has 0 bridgehead atoms. The van der Waals surface area contributed by atoms with Crippen LogP contribution in [0.1, 0.15) is 36.7 Å². The molecule has 2 fully saturated rings. The van der Waals surface area contributed by atoms with Crippen LogP contribution in [0.25, 0.3) is 16.7 Å². The summed E-state index contributed by atoms with van der Waals surface area (Å²) in [5.41, 5.74) is 6.00. The summed E-state index contributed by atoms with van der Waals surface area (Å²) in [6, 6.07) is 17.4. The second-order valence-corrected chi connectivity index (χ2v) is 9.65. The Morgan fingerprint density at radius 2 is 1.76 bits per heavy atom. The molecule has 7 heteroatoms. The lowest BCUT2D eigenvalue weighted by molar-refractivity contribution is 0.134. The van der Waals surface area contributed by atoms with Gasteiger partial charge in [-0.05, 0) is 56.3 Å². The van der Waals surface area contributed by atoms with Crippen LogP contribution in [0.5, 0.6) is 0 Å². The number of piperazine rings is 1. The summed E-state index contributed by atoms with van der Waals surface area (Å²) in [5.74, 6) is 1.10. The van der Waals surface area contributed by atoms with Crippen molar-refractivity contribution in [1.82, 2.24) is 29.5 Å². The highest BCUT2D eigenvalue weighted by molar-refractivity contribution is 5.89. The molecule has 1 unspecified atom stereocenters. The zero-order valence-corrected chi connectivity index (χ0v) is 19.9. The minimum Gasteiger partial charge on any atom is -0.367 e. The second-order valence-electron chi connectivity index (χ2n) is 9.65. The summed E-state index contributed by atoms with van der Waals surface area (Å²) in [6.07, 6.45) is 7.46. The van der Waals surface area contributed by atoms with Gasteiger partial charge in [0.25, 0.3) is 0 Å². The molecule has 2 saturated heterocycles. The van der Waals surface area contributed by atoms with E-state index in [4.69, 9.17) is 4.98 Å². The molecular formula is C27H33N7. The van der Waals surface area contributed by atoms with E-state index < -0.39 is 0 Å². The van der Waals surface area contributed by atoms with Crippen LogP contribution in [-0.2, 0) is 6.54 Å². The van der Waals surface area contributed by atoms with Gasteiger partial charge >= 0.3 is 0 Å². The lowest BCUT2D eigenvalue weighted by Crippen LogP contribution is -2.44.